The van der Waals surface area contributed by atoms with Crippen LogP contribution >= 0.6 is 0 Å². The first kappa shape index (κ1) is 25.4. The van der Waals surface area contributed by atoms with E-state index < -0.39 is 16.1 Å². The average molecular weight is 462 g/mol. The molecule has 2 amide bonds. The SMILES string of the molecule is CC(C)N(C)S(=O)(=O)c1ccc(CNC(=O)CCCNC(=O)OCc2ccccc2)cc1. The number of ether oxygens (including phenoxy) is 1. The first-order valence-electron chi connectivity index (χ1n) is 10.5. The second-order valence-corrected chi connectivity index (χ2v) is 9.63. The Hall–Kier alpha value is -2.91. The van der Waals surface area contributed by atoms with Crippen molar-refractivity contribution in [1.82, 2.24) is 14.9 Å². The Kier molecular flexibility index (Phi) is 9.67. The summed E-state index contributed by atoms with van der Waals surface area (Å²) in [6.07, 6.45) is 0.211. The Labute approximate surface area is 190 Å². The van der Waals surface area contributed by atoms with E-state index in [2.05, 4.69) is 10.6 Å². The minimum Gasteiger partial charge on any atom is -0.445 e. The predicted molar refractivity (Wildman–Crippen MR) is 122 cm³/mol. The molecule has 0 heterocycles. The van der Waals surface area contributed by atoms with Crippen LogP contribution < -0.4 is 10.6 Å². The minimum atomic E-state index is -3.53. The molecule has 0 saturated carbocycles. The molecule has 8 nitrogen and oxygen atoms in total. The molecule has 174 valence electrons. The minimum absolute atomic E-state index is 0.140. The van der Waals surface area contributed by atoms with Crippen molar-refractivity contribution >= 4 is 22.0 Å². The average Bonchev–Trinajstić information content (AvgIpc) is 2.79. The quantitative estimate of drug-likeness (QED) is 0.501. The Balaban J connectivity index is 1.66. The van der Waals surface area contributed by atoms with Gasteiger partial charge in [-0.05, 0) is 43.5 Å². The number of carbonyl (C=O) groups excluding carboxylic acids is 2. The fourth-order valence-electron chi connectivity index (χ4n) is 2.73. The van der Waals surface area contributed by atoms with Crippen molar-refractivity contribution in [1.29, 1.82) is 0 Å². The van der Waals surface area contributed by atoms with E-state index in [4.69, 9.17) is 4.74 Å². The van der Waals surface area contributed by atoms with Crippen molar-refractivity contribution in [2.24, 2.45) is 0 Å². The first-order valence-corrected chi connectivity index (χ1v) is 11.9. The van der Waals surface area contributed by atoms with E-state index in [9.17, 15) is 18.0 Å². The lowest BCUT2D eigenvalue weighted by Gasteiger charge is -2.21. The van der Waals surface area contributed by atoms with E-state index in [1.165, 1.54) is 4.31 Å². The van der Waals surface area contributed by atoms with Gasteiger partial charge in [0.15, 0.2) is 0 Å². The van der Waals surface area contributed by atoms with Gasteiger partial charge in [-0.3, -0.25) is 4.79 Å². The fourth-order valence-corrected chi connectivity index (χ4v) is 4.09. The molecule has 2 aromatic carbocycles. The number of amides is 2. The Morgan fingerprint density at radius 3 is 2.25 bits per heavy atom. The van der Waals surface area contributed by atoms with E-state index in [-0.39, 0.29) is 29.9 Å². The van der Waals surface area contributed by atoms with Crippen LogP contribution in [0.3, 0.4) is 0 Å². The van der Waals surface area contributed by atoms with Crippen LogP contribution in [0.15, 0.2) is 59.5 Å². The monoisotopic (exact) mass is 461 g/mol. The van der Waals surface area contributed by atoms with Crippen LogP contribution in [0.25, 0.3) is 0 Å². The molecular formula is C23H31N3O5S. The van der Waals surface area contributed by atoms with Crippen LogP contribution in [0.5, 0.6) is 0 Å². The third-order valence-electron chi connectivity index (χ3n) is 4.88. The molecule has 32 heavy (non-hydrogen) atoms. The molecule has 2 N–H and O–H groups in total. The summed E-state index contributed by atoms with van der Waals surface area (Å²) in [4.78, 5) is 23.9. The molecule has 0 spiro atoms. The van der Waals surface area contributed by atoms with Gasteiger partial charge >= 0.3 is 6.09 Å². The highest BCUT2D eigenvalue weighted by Gasteiger charge is 2.22. The number of sulfonamides is 1. The second-order valence-electron chi connectivity index (χ2n) is 7.63. The molecule has 0 aliphatic carbocycles. The molecule has 0 fully saturated rings. The molecule has 0 atom stereocenters. The highest BCUT2D eigenvalue weighted by molar-refractivity contribution is 7.89. The van der Waals surface area contributed by atoms with E-state index in [0.717, 1.165) is 11.1 Å². The lowest BCUT2D eigenvalue weighted by molar-refractivity contribution is -0.121. The van der Waals surface area contributed by atoms with Gasteiger partial charge in [0.25, 0.3) is 0 Å². The Morgan fingerprint density at radius 1 is 0.969 bits per heavy atom. The van der Waals surface area contributed by atoms with Crippen LogP contribution in [0.4, 0.5) is 4.79 Å². The Morgan fingerprint density at radius 2 is 1.62 bits per heavy atom. The first-order chi connectivity index (χ1) is 15.2. The summed E-state index contributed by atoms with van der Waals surface area (Å²) in [5.74, 6) is -0.152. The number of hydrogen-bond donors (Lipinski definition) is 2. The zero-order valence-electron chi connectivity index (χ0n) is 18.7. The lowest BCUT2D eigenvalue weighted by atomic mass is 10.2. The summed E-state index contributed by atoms with van der Waals surface area (Å²) in [5, 5.41) is 5.41. The summed E-state index contributed by atoms with van der Waals surface area (Å²) in [6, 6.07) is 15.7. The van der Waals surface area contributed by atoms with Crippen molar-refractivity contribution in [2.45, 2.75) is 50.8 Å². The number of hydrogen-bond acceptors (Lipinski definition) is 5. The number of rotatable bonds is 11. The van der Waals surface area contributed by atoms with Crippen LogP contribution in [0.1, 0.15) is 37.8 Å². The molecule has 9 heteroatoms. The summed E-state index contributed by atoms with van der Waals surface area (Å²) >= 11 is 0. The number of carbonyl (C=O) groups is 2. The molecule has 0 saturated heterocycles. The van der Waals surface area contributed by atoms with Gasteiger partial charge in [-0.15, -0.1) is 0 Å². The fraction of sp³-hybridized carbons (Fsp3) is 0.391. The predicted octanol–water partition coefficient (Wildman–Crippen LogP) is 3.04. The molecule has 0 bridgehead atoms. The summed E-state index contributed by atoms with van der Waals surface area (Å²) in [5.41, 5.74) is 1.70. The number of benzene rings is 2. The van der Waals surface area contributed by atoms with E-state index in [1.54, 1.807) is 31.3 Å². The van der Waals surface area contributed by atoms with E-state index in [0.29, 0.717) is 19.5 Å². The highest BCUT2D eigenvalue weighted by Crippen LogP contribution is 2.17. The second kappa shape index (κ2) is 12.2. The van der Waals surface area contributed by atoms with E-state index >= 15 is 0 Å². The zero-order valence-corrected chi connectivity index (χ0v) is 19.5. The summed E-state index contributed by atoms with van der Waals surface area (Å²) in [7, 11) is -1.98. The van der Waals surface area contributed by atoms with Crippen LogP contribution in [0.2, 0.25) is 0 Å². The maximum atomic E-state index is 12.5. The molecular weight excluding hydrogens is 430 g/mol. The number of alkyl carbamates (subject to hydrolysis) is 1. The smallest absolute Gasteiger partial charge is 0.407 e. The molecule has 2 rings (SSSR count). The van der Waals surface area contributed by atoms with Crippen LogP contribution in [-0.2, 0) is 32.7 Å². The largest absolute Gasteiger partial charge is 0.445 e. The van der Waals surface area contributed by atoms with Crippen molar-refractivity contribution in [3.05, 3.63) is 65.7 Å². The van der Waals surface area contributed by atoms with Gasteiger partial charge in [-0.25, -0.2) is 13.2 Å². The van der Waals surface area contributed by atoms with Crippen molar-refractivity contribution in [3.63, 3.8) is 0 Å². The molecule has 0 aliphatic heterocycles. The van der Waals surface area contributed by atoms with Gasteiger partial charge in [-0.2, -0.15) is 4.31 Å². The summed E-state index contributed by atoms with van der Waals surface area (Å²) < 4.78 is 31.4. The number of nitrogens with one attached hydrogen (secondary N) is 2. The molecule has 0 aliphatic rings. The van der Waals surface area contributed by atoms with Crippen molar-refractivity contribution < 1.29 is 22.7 Å². The van der Waals surface area contributed by atoms with E-state index in [1.807, 2.05) is 44.2 Å². The van der Waals surface area contributed by atoms with Crippen LogP contribution in [0, 0.1) is 0 Å². The topological polar surface area (TPSA) is 105 Å². The molecule has 0 unspecified atom stereocenters. The van der Waals surface area contributed by atoms with Crippen molar-refractivity contribution in [2.75, 3.05) is 13.6 Å². The highest BCUT2D eigenvalue weighted by atomic mass is 32.2. The Bertz CT molecular complexity index is 976. The molecule has 0 radical (unpaired) electrons. The van der Waals surface area contributed by atoms with Gasteiger partial charge in [0, 0.05) is 32.6 Å². The number of nitrogens with zero attached hydrogens (tertiary/aromatic N) is 1. The third-order valence-corrected chi connectivity index (χ3v) is 6.93. The van der Waals surface area contributed by atoms with Crippen LogP contribution in [-0.4, -0.2) is 44.4 Å². The van der Waals surface area contributed by atoms with Gasteiger partial charge in [-0.1, -0.05) is 42.5 Å². The maximum absolute atomic E-state index is 12.5. The van der Waals surface area contributed by atoms with Gasteiger partial charge in [0.1, 0.15) is 6.61 Å². The molecule has 2 aromatic rings. The summed E-state index contributed by atoms with van der Waals surface area (Å²) in [6.45, 7) is 4.44. The van der Waals surface area contributed by atoms with Gasteiger partial charge in [0.05, 0.1) is 4.90 Å². The molecule has 0 aromatic heterocycles. The lowest BCUT2D eigenvalue weighted by Crippen LogP contribution is -2.33. The maximum Gasteiger partial charge on any atom is 0.407 e. The zero-order chi connectivity index (χ0) is 23.6. The standard InChI is InChI=1S/C23H31N3O5S/c1-18(2)26(3)32(29,30)21-13-11-19(12-14-21)16-25-22(27)10-7-15-24-23(28)31-17-20-8-5-4-6-9-20/h4-6,8-9,11-14,18H,7,10,15-17H2,1-3H3,(H,24,28)(H,25,27). The normalized spacial score (nSPS) is 11.4. The van der Waals surface area contributed by atoms with Gasteiger partial charge in [0.2, 0.25) is 15.9 Å². The van der Waals surface area contributed by atoms with Gasteiger partial charge < -0.3 is 15.4 Å². The third kappa shape index (κ3) is 7.97. The van der Waals surface area contributed by atoms with Crippen molar-refractivity contribution in [3.8, 4) is 0 Å².